The molecule has 0 saturated carbocycles. The lowest BCUT2D eigenvalue weighted by Crippen LogP contribution is -2.15. The van der Waals surface area contributed by atoms with Gasteiger partial charge in [-0.05, 0) is 35.4 Å². The molecule has 0 aliphatic carbocycles. The summed E-state index contributed by atoms with van der Waals surface area (Å²) in [5.41, 5.74) is 1.67. The van der Waals surface area contributed by atoms with E-state index in [9.17, 15) is 4.39 Å². The predicted octanol–water partition coefficient (Wildman–Crippen LogP) is 3.14. The fourth-order valence-electron chi connectivity index (χ4n) is 2.01. The van der Waals surface area contributed by atoms with Gasteiger partial charge in [-0.15, -0.1) is 0 Å². The molecule has 4 heteroatoms. The smallest absolute Gasteiger partial charge is 0.161 e. The molecule has 19 heavy (non-hydrogen) atoms. The number of halogens is 1. The van der Waals surface area contributed by atoms with Gasteiger partial charge in [-0.25, -0.2) is 4.39 Å². The molecule has 3 nitrogen and oxygen atoms in total. The van der Waals surface area contributed by atoms with Crippen molar-refractivity contribution in [1.29, 1.82) is 5.26 Å². The van der Waals surface area contributed by atoms with E-state index in [1.807, 2.05) is 24.3 Å². The molecule has 0 atom stereocenters. The maximum atomic E-state index is 13.3. The molecule has 2 aromatic rings. The second kappa shape index (κ2) is 4.62. The SMILES string of the molecule is N#Cc1cc(-c2ccc3c(c2)OCCO3)ccc1F. The summed E-state index contributed by atoms with van der Waals surface area (Å²) >= 11 is 0. The molecule has 1 heterocycles. The molecular formula is C15H10FNO2. The Hall–Kier alpha value is -2.54. The Morgan fingerprint density at radius 3 is 2.42 bits per heavy atom. The lowest BCUT2D eigenvalue weighted by atomic mass is 10.0. The Kier molecular flexibility index (Phi) is 2.81. The van der Waals surface area contributed by atoms with Gasteiger partial charge >= 0.3 is 0 Å². The fraction of sp³-hybridized carbons (Fsp3) is 0.133. The summed E-state index contributed by atoms with van der Waals surface area (Å²) < 4.78 is 24.2. The summed E-state index contributed by atoms with van der Waals surface area (Å²) in [6.45, 7) is 1.06. The molecule has 3 rings (SSSR count). The Bertz CT molecular complexity index is 676. The van der Waals surface area contributed by atoms with E-state index >= 15 is 0 Å². The third-order valence-corrected chi connectivity index (χ3v) is 2.96. The number of rotatable bonds is 1. The van der Waals surface area contributed by atoms with Gasteiger partial charge in [0.2, 0.25) is 0 Å². The van der Waals surface area contributed by atoms with Crippen LogP contribution in [-0.2, 0) is 0 Å². The lowest BCUT2D eigenvalue weighted by Gasteiger charge is -2.19. The van der Waals surface area contributed by atoms with E-state index in [1.54, 1.807) is 6.07 Å². The molecule has 0 unspecified atom stereocenters. The van der Waals surface area contributed by atoms with Crippen molar-refractivity contribution in [2.24, 2.45) is 0 Å². The van der Waals surface area contributed by atoms with Crippen molar-refractivity contribution in [1.82, 2.24) is 0 Å². The molecule has 0 aromatic heterocycles. The number of ether oxygens (including phenoxy) is 2. The zero-order valence-electron chi connectivity index (χ0n) is 10.0. The average Bonchev–Trinajstić information content (AvgIpc) is 2.47. The number of hydrogen-bond donors (Lipinski definition) is 0. The third kappa shape index (κ3) is 2.11. The molecule has 0 fully saturated rings. The maximum Gasteiger partial charge on any atom is 0.161 e. The zero-order chi connectivity index (χ0) is 13.2. The molecule has 0 amide bonds. The second-order valence-corrected chi connectivity index (χ2v) is 4.16. The second-order valence-electron chi connectivity index (χ2n) is 4.16. The number of nitrogens with zero attached hydrogens (tertiary/aromatic N) is 1. The Labute approximate surface area is 109 Å². The third-order valence-electron chi connectivity index (χ3n) is 2.96. The highest BCUT2D eigenvalue weighted by atomic mass is 19.1. The molecule has 0 radical (unpaired) electrons. The van der Waals surface area contributed by atoms with Crippen LogP contribution in [-0.4, -0.2) is 13.2 Å². The molecule has 0 bridgehead atoms. The normalized spacial score (nSPS) is 12.8. The van der Waals surface area contributed by atoms with Gasteiger partial charge in [0.1, 0.15) is 25.1 Å². The van der Waals surface area contributed by atoms with Crippen LogP contribution in [0.15, 0.2) is 36.4 Å². The first kappa shape index (κ1) is 11.5. The van der Waals surface area contributed by atoms with Gasteiger partial charge in [0.25, 0.3) is 0 Å². The van der Waals surface area contributed by atoms with Crippen LogP contribution in [0.3, 0.4) is 0 Å². The summed E-state index contributed by atoms with van der Waals surface area (Å²) in [4.78, 5) is 0. The van der Waals surface area contributed by atoms with E-state index in [4.69, 9.17) is 14.7 Å². The zero-order valence-corrected chi connectivity index (χ0v) is 10.0. The minimum Gasteiger partial charge on any atom is -0.486 e. The van der Waals surface area contributed by atoms with Crippen molar-refractivity contribution in [3.8, 4) is 28.7 Å². The van der Waals surface area contributed by atoms with Gasteiger partial charge < -0.3 is 9.47 Å². The molecule has 94 valence electrons. The largest absolute Gasteiger partial charge is 0.486 e. The van der Waals surface area contributed by atoms with Crippen LogP contribution < -0.4 is 9.47 Å². The summed E-state index contributed by atoms with van der Waals surface area (Å²) in [7, 11) is 0. The van der Waals surface area contributed by atoms with Gasteiger partial charge in [0.05, 0.1) is 5.56 Å². The topological polar surface area (TPSA) is 42.2 Å². The first-order valence-electron chi connectivity index (χ1n) is 5.87. The Morgan fingerprint density at radius 1 is 0.947 bits per heavy atom. The quantitative estimate of drug-likeness (QED) is 0.786. The molecule has 0 N–H and O–H groups in total. The Balaban J connectivity index is 2.05. The van der Waals surface area contributed by atoms with Crippen molar-refractivity contribution in [3.05, 3.63) is 47.8 Å². The van der Waals surface area contributed by atoms with Gasteiger partial charge in [-0.1, -0.05) is 12.1 Å². The van der Waals surface area contributed by atoms with Gasteiger partial charge in [-0.2, -0.15) is 5.26 Å². The van der Waals surface area contributed by atoms with Crippen LogP contribution in [0, 0.1) is 17.1 Å². The molecule has 1 aliphatic rings. The van der Waals surface area contributed by atoms with Crippen molar-refractivity contribution in [3.63, 3.8) is 0 Å². The number of nitriles is 1. The van der Waals surface area contributed by atoms with Gasteiger partial charge in [0, 0.05) is 0 Å². The summed E-state index contributed by atoms with van der Waals surface area (Å²) in [5, 5.41) is 8.85. The highest BCUT2D eigenvalue weighted by molar-refractivity contribution is 5.68. The molecule has 0 spiro atoms. The van der Waals surface area contributed by atoms with Crippen molar-refractivity contribution < 1.29 is 13.9 Å². The van der Waals surface area contributed by atoms with Crippen molar-refractivity contribution in [2.75, 3.05) is 13.2 Å². The fourth-order valence-corrected chi connectivity index (χ4v) is 2.01. The molecule has 1 aliphatic heterocycles. The van der Waals surface area contributed by atoms with Crippen LogP contribution in [0.1, 0.15) is 5.56 Å². The van der Waals surface area contributed by atoms with E-state index in [-0.39, 0.29) is 5.56 Å². The van der Waals surface area contributed by atoms with Crippen LogP contribution >= 0.6 is 0 Å². The first-order chi connectivity index (χ1) is 9.28. The predicted molar refractivity (Wildman–Crippen MR) is 67.5 cm³/mol. The standard InChI is InChI=1S/C15H10FNO2/c16-13-3-1-10(7-12(13)9-17)11-2-4-14-15(8-11)19-6-5-18-14/h1-4,7-8H,5-6H2. The number of fused-ring (bicyclic) bond motifs is 1. The molecule has 2 aromatic carbocycles. The van der Waals surface area contributed by atoms with Gasteiger partial charge in [-0.3, -0.25) is 0 Å². The van der Waals surface area contributed by atoms with E-state index in [2.05, 4.69) is 0 Å². The van der Waals surface area contributed by atoms with Gasteiger partial charge in [0.15, 0.2) is 11.5 Å². The van der Waals surface area contributed by atoms with Crippen molar-refractivity contribution >= 4 is 0 Å². The van der Waals surface area contributed by atoms with E-state index < -0.39 is 5.82 Å². The summed E-state index contributed by atoms with van der Waals surface area (Å²) in [5.74, 6) is 0.869. The van der Waals surface area contributed by atoms with Crippen LogP contribution in [0.5, 0.6) is 11.5 Å². The van der Waals surface area contributed by atoms with E-state index in [0.717, 1.165) is 11.1 Å². The van der Waals surface area contributed by atoms with Crippen LogP contribution in [0.25, 0.3) is 11.1 Å². The summed E-state index contributed by atoms with van der Waals surface area (Å²) in [6.07, 6.45) is 0. The minimum absolute atomic E-state index is 0.0346. The van der Waals surface area contributed by atoms with Crippen molar-refractivity contribution in [2.45, 2.75) is 0 Å². The van der Waals surface area contributed by atoms with Crippen LogP contribution in [0.2, 0.25) is 0 Å². The number of benzene rings is 2. The maximum absolute atomic E-state index is 13.3. The monoisotopic (exact) mass is 255 g/mol. The van der Waals surface area contributed by atoms with Crippen LogP contribution in [0.4, 0.5) is 4.39 Å². The van der Waals surface area contributed by atoms with E-state index in [0.29, 0.717) is 24.7 Å². The highest BCUT2D eigenvalue weighted by Crippen LogP contribution is 2.34. The number of hydrogen-bond acceptors (Lipinski definition) is 3. The summed E-state index contributed by atoms with van der Waals surface area (Å²) in [6, 6.07) is 11.8. The first-order valence-corrected chi connectivity index (χ1v) is 5.87. The Morgan fingerprint density at radius 2 is 1.63 bits per heavy atom. The average molecular weight is 255 g/mol. The molecule has 0 saturated heterocycles. The lowest BCUT2D eigenvalue weighted by molar-refractivity contribution is 0.171. The minimum atomic E-state index is -0.510. The molecular weight excluding hydrogens is 245 g/mol. The van der Waals surface area contributed by atoms with E-state index in [1.165, 1.54) is 12.1 Å². The highest BCUT2D eigenvalue weighted by Gasteiger charge is 2.13.